The van der Waals surface area contributed by atoms with Crippen molar-refractivity contribution in [1.29, 1.82) is 0 Å². The third-order valence-corrected chi connectivity index (χ3v) is 2.72. The molecule has 1 heterocycles. The Balaban J connectivity index is 1.96. The normalized spacial score (nSPS) is 10.3. The van der Waals surface area contributed by atoms with E-state index in [1.165, 1.54) is 0 Å². The Bertz CT molecular complexity index is 722. The van der Waals surface area contributed by atoms with Crippen LogP contribution in [0.3, 0.4) is 0 Å². The van der Waals surface area contributed by atoms with E-state index in [0.717, 1.165) is 5.39 Å². The summed E-state index contributed by atoms with van der Waals surface area (Å²) < 4.78 is 0. The van der Waals surface area contributed by atoms with Gasteiger partial charge in [-0.25, -0.2) is 0 Å². The zero-order chi connectivity index (χ0) is 13.1. The summed E-state index contributed by atoms with van der Waals surface area (Å²) in [5.41, 5.74) is 1.27. The number of amides is 1. The second-order valence-electron chi connectivity index (χ2n) is 3.98. The van der Waals surface area contributed by atoms with Gasteiger partial charge in [-0.15, -0.1) is 10.2 Å². The summed E-state index contributed by atoms with van der Waals surface area (Å²) in [6.45, 7) is 0. The zero-order valence-corrected chi connectivity index (χ0v) is 9.95. The van der Waals surface area contributed by atoms with Crippen LogP contribution in [-0.2, 0) is 0 Å². The van der Waals surface area contributed by atoms with Crippen molar-refractivity contribution in [3.8, 4) is 0 Å². The molecule has 0 radical (unpaired) electrons. The van der Waals surface area contributed by atoms with Gasteiger partial charge < -0.3 is 5.32 Å². The number of benzene rings is 2. The Morgan fingerprint density at radius 1 is 0.895 bits per heavy atom. The van der Waals surface area contributed by atoms with E-state index >= 15 is 0 Å². The van der Waals surface area contributed by atoms with Crippen molar-refractivity contribution < 1.29 is 4.79 Å². The summed E-state index contributed by atoms with van der Waals surface area (Å²) in [4.78, 5) is 12.1. The Morgan fingerprint density at radius 2 is 1.63 bits per heavy atom. The van der Waals surface area contributed by atoms with Gasteiger partial charge in [-0.3, -0.25) is 4.79 Å². The van der Waals surface area contributed by atoms with Crippen molar-refractivity contribution in [3.63, 3.8) is 0 Å². The van der Waals surface area contributed by atoms with Gasteiger partial charge in [-0.05, 0) is 29.5 Å². The fraction of sp³-hybridized carbons (Fsp3) is 0. The van der Waals surface area contributed by atoms with Gasteiger partial charge in [0, 0.05) is 10.9 Å². The van der Waals surface area contributed by atoms with Gasteiger partial charge in [0.1, 0.15) is 0 Å². The van der Waals surface area contributed by atoms with E-state index in [0.29, 0.717) is 16.9 Å². The lowest BCUT2D eigenvalue weighted by Gasteiger charge is -2.05. The van der Waals surface area contributed by atoms with Crippen LogP contribution in [0.4, 0.5) is 5.82 Å². The summed E-state index contributed by atoms with van der Waals surface area (Å²) in [5.74, 6) is 0.200. The van der Waals surface area contributed by atoms with Crippen molar-refractivity contribution in [2.45, 2.75) is 0 Å². The highest BCUT2D eigenvalue weighted by molar-refractivity contribution is 6.07. The summed E-state index contributed by atoms with van der Waals surface area (Å²) >= 11 is 0. The number of anilines is 1. The smallest absolute Gasteiger partial charge is 0.256 e. The molecule has 1 aromatic heterocycles. The van der Waals surface area contributed by atoms with E-state index in [4.69, 9.17) is 0 Å². The number of aromatic nitrogens is 3. The standard InChI is InChI=1S/C14H10N4O/c19-14(10-6-2-1-3-7-10)15-13-11-8-4-5-9-12(11)16-18-17-13/h1-9H,(H,15,16,17,19). The lowest BCUT2D eigenvalue weighted by atomic mass is 10.2. The number of carbonyl (C=O) groups is 1. The van der Waals surface area contributed by atoms with Gasteiger partial charge in [-0.1, -0.05) is 30.3 Å². The summed E-state index contributed by atoms with van der Waals surface area (Å²) in [6, 6.07) is 16.4. The first-order valence-electron chi connectivity index (χ1n) is 5.79. The first kappa shape index (κ1) is 11.3. The molecule has 0 aliphatic heterocycles. The summed E-state index contributed by atoms with van der Waals surface area (Å²) in [5, 5.41) is 14.9. The molecule has 3 rings (SSSR count). The van der Waals surface area contributed by atoms with Crippen LogP contribution in [0.25, 0.3) is 10.9 Å². The molecule has 0 fully saturated rings. The van der Waals surface area contributed by atoms with Crippen LogP contribution >= 0.6 is 0 Å². The molecular formula is C14H10N4O. The maximum Gasteiger partial charge on any atom is 0.256 e. The lowest BCUT2D eigenvalue weighted by Crippen LogP contribution is -2.13. The molecule has 0 saturated carbocycles. The monoisotopic (exact) mass is 250 g/mol. The van der Waals surface area contributed by atoms with Gasteiger partial charge >= 0.3 is 0 Å². The Morgan fingerprint density at radius 3 is 2.47 bits per heavy atom. The third-order valence-electron chi connectivity index (χ3n) is 2.72. The predicted molar refractivity (Wildman–Crippen MR) is 71.7 cm³/mol. The zero-order valence-electron chi connectivity index (χ0n) is 9.95. The molecular weight excluding hydrogens is 240 g/mol. The number of rotatable bonds is 2. The fourth-order valence-corrected chi connectivity index (χ4v) is 1.79. The fourth-order valence-electron chi connectivity index (χ4n) is 1.79. The highest BCUT2D eigenvalue weighted by Gasteiger charge is 2.09. The largest absolute Gasteiger partial charge is 0.304 e. The summed E-state index contributed by atoms with van der Waals surface area (Å²) in [7, 11) is 0. The van der Waals surface area contributed by atoms with E-state index in [1.54, 1.807) is 12.1 Å². The second kappa shape index (κ2) is 4.81. The number of fused-ring (bicyclic) bond motifs is 1. The van der Waals surface area contributed by atoms with Crippen LogP contribution in [-0.4, -0.2) is 21.3 Å². The van der Waals surface area contributed by atoms with Crippen LogP contribution < -0.4 is 5.32 Å². The molecule has 1 N–H and O–H groups in total. The van der Waals surface area contributed by atoms with Crippen LogP contribution in [0.5, 0.6) is 0 Å². The molecule has 3 aromatic rings. The molecule has 5 nitrogen and oxygen atoms in total. The SMILES string of the molecule is O=C(Nc1nnnc2ccccc12)c1ccccc1. The van der Waals surface area contributed by atoms with E-state index in [2.05, 4.69) is 20.7 Å². The van der Waals surface area contributed by atoms with Crippen LogP contribution in [0.15, 0.2) is 54.6 Å². The molecule has 5 heteroatoms. The van der Waals surface area contributed by atoms with Crippen LogP contribution in [0.1, 0.15) is 10.4 Å². The molecule has 0 bridgehead atoms. The molecule has 0 unspecified atom stereocenters. The van der Waals surface area contributed by atoms with Crippen molar-refractivity contribution in [1.82, 2.24) is 15.4 Å². The molecule has 0 atom stereocenters. The third kappa shape index (κ3) is 2.26. The van der Waals surface area contributed by atoms with Crippen molar-refractivity contribution in [2.24, 2.45) is 0 Å². The maximum atomic E-state index is 12.1. The van der Waals surface area contributed by atoms with Crippen molar-refractivity contribution in [2.75, 3.05) is 5.32 Å². The molecule has 0 aliphatic rings. The van der Waals surface area contributed by atoms with E-state index in [-0.39, 0.29) is 5.91 Å². The van der Waals surface area contributed by atoms with Crippen LogP contribution in [0, 0.1) is 0 Å². The highest BCUT2D eigenvalue weighted by atomic mass is 16.1. The first-order chi connectivity index (χ1) is 9.34. The molecule has 2 aromatic carbocycles. The van der Waals surface area contributed by atoms with Crippen LogP contribution in [0.2, 0.25) is 0 Å². The molecule has 0 aliphatic carbocycles. The van der Waals surface area contributed by atoms with Gasteiger partial charge in [0.15, 0.2) is 5.82 Å². The highest BCUT2D eigenvalue weighted by Crippen LogP contribution is 2.18. The van der Waals surface area contributed by atoms with Gasteiger partial charge in [-0.2, -0.15) is 0 Å². The van der Waals surface area contributed by atoms with Crippen molar-refractivity contribution in [3.05, 3.63) is 60.2 Å². The molecule has 92 valence electrons. The Kier molecular flexibility index (Phi) is 2.86. The maximum absolute atomic E-state index is 12.1. The molecule has 0 saturated heterocycles. The number of hydrogen-bond acceptors (Lipinski definition) is 4. The quantitative estimate of drug-likeness (QED) is 0.757. The van der Waals surface area contributed by atoms with Gasteiger partial charge in [0.25, 0.3) is 5.91 Å². The average Bonchev–Trinajstić information content (AvgIpc) is 2.48. The molecule has 19 heavy (non-hydrogen) atoms. The topological polar surface area (TPSA) is 67.8 Å². The minimum atomic E-state index is -0.216. The number of nitrogens with zero attached hydrogens (tertiary/aromatic N) is 3. The van der Waals surface area contributed by atoms with Gasteiger partial charge in [0.2, 0.25) is 0 Å². The van der Waals surface area contributed by atoms with Crippen molar-refractivity contribution >= 4 is 22.6 Å². The number of nitrogens with one attached hydrogen (secondary N) is 1. The molecule has 0 spiro atoms. The Labute approximate surface area is 109 Å². The second-order valence-corrected chi connectivity index (χ2v) is 3.98. The van der Waals surface area contributed by atoms with E-state index < -0.39 is 0 Å². The minimum absolute atomic E-state index is 0.216. The number of carbonyl (C=O) groups excluding carboxylic acids is 1. The predicted octanol–water partition coefficient (Wildman–Crippen LogP) is 2.28. The first-order valence-corrected chi connectivity index (χ1v) is 5.79. The van der Waals surface area contributed by atoms with E-state index in [9.17, 15) is 4.79 Å². The number of hydrogen-bond donors (Lipinski definition) is 1. The summed E-state index contributed by atoms with van der Waals surface area (Å²) in [6.07, 6.45) is 0. The lowest BCUT2D eigenvalue weighted by molar-refractivity contribution is 0.102. The molecule has 1 amide bonds. The average molecular weight is 250 g/mol. The van der Waals surface area contributed by atoms with E-state index in [1.807, 2.05) is 42.5 Å². The Hall–Kier alpha value is -2.82. The van der Waals surface area contributed by atoms with Gasteiger partial charge in [0.05, 0.1) is 5.52 Å². The minimum Gasteiger partial charge on any atom is -0.304 e.